The number of hydrogen-bond donors (Lipinski definition) is 1. The van der Waals surface area contributed by atoms with Crippen LogP contribution in [0.3, 0.4) is 0 Å². The van der Waals surface area contributed by atoms with E-state index in [9.17, 15) is 0 Å². The maximum atomic E-state index is 6.21. The van der Waals surface area contributed by atoms with E-state index >= 15 is 0 Å². The molecule has 0 spiro atoms. The van der Waals surface area contributed by atoms with Gasteiger partial charge >= 0.3 is 0 Å². The lowest BCUT2D eigenvalue weighted by Gasteiger charge is -2.08. The normalized spacial score (nSPS) is 23.1. The second-order valence-corrected chi connectivity index (χ2v) is 6.10. The van der Waals surface area contributed by atoms with Gasteiger partial charge in [-0.1, -0.05) is 43.1 Å². The van der Waals surface area contributed by atoms with Crippen LogP contribution < -0.4 is 5.32 Å². The van der Waals surface area contributed by atoms with Gasteiger partial charge < -0.3 is 5.32 Å². The zero-order valence-corrected chi connectivity index (χ0v) is 11.9. The molecule has 0 saturated heterocycles. The number of hydrogen-bond acceptors (Lipinski definition) is 1. The van der Waals surface area contributed by atoms with Gasteiger partial charge in [-0.05, 0) is 55.0 Å². The van der Waals surface area contributed by atoms with Crippen LogP contribution in [0.4, 0.5) is 0 Å². The van der Waals surface area contributed by atoms with E-state index in [0.29, 0.717) is 17.8 Å². The van der Waals surface area contributed by atoms with Gasteiger partial charge in [0, 0.05) is 10.0 Å². The molecule has 94 valence electrons. The van der Waals surface area contributed by atoms with Crippen LogP contribution in [0.1, 0.15) is 31.7 Å². The summed E-state index contributed by atoms with van der Waals surface area (Å²) >= 11 is 12.4. The Bertz CT molecular complexity index is 370. The highest BCUT2D eigenvalue weighted by molar-refractivity contribution is 6.36. The van der Waals surface area contributed by atoms with E-state index in [4.69, 9.17) is 23.2 Å². The summed E-state index contributed by atoms with van der Waals surface area (Å²) in [6.07, 6.45) is 1.20. The quantitative estimate of drug-likeness (QED) is 0.840. The van der Waals surface area contributed by atoms with Crippen molar-refractivity contribution in [3.05, 3.63) is 33.8 Å². The van der Waals surface area contributed by atoms with Gasteiger partial charge in [0.15, 0.2) is 0 Å². The first-order chi connectivity index (χ1) is 8.09. The summed E-state index contributed by atoms with van der Waals surface area (Å²) in [4.78, 5) is 0. The van der Waals surface area contributed by atoms with Gasteiger partial charge in [-0.3, -0.25) is 0 Å². The molecule has 0 amide bonds. The summed E-state index contributed by atoms with van der Waals surface area (Å²) in [5.74, 6) is 1.96. The third-order valence-corrected chi connectivity index (χ3v) is 3.91. The van der Waals surface area contributed by atoms with Crippen molar-refractivity contribution in [2.24, 2.45) is 11.8 Å². The fourth-order valence-electron chi connectivity index (χ4n) is 2.25. The third-order valence-electron chi connectivity index (χ3n) is 3.25. The molecule has 3 heteroatoms. The Labute approximate surface area is 114 Å². The minimum Gasteiger partial charge on any atom is -0.316 e. The van der Waals surface area contributed by atoms with Crippen LogP contribution in [-0.4, -0.2) is 13.1 Å². The molecule has 1 nitrogen and oxygen atoms in total. The summed E-state index contributed by atoms with van der Waals surface area (Å²) in [6, 6.07) is 5.77. The molecular weight excluding hydrogens is 253 g/mol. The van der Waals surface area contributed by atoms with Crippen molar-refractivity contribution >= 4 is 23.2 Å². The van der Waals surface area contributed by atoms with Gasteiger partial charge in [-0.2, -0.15) is 0 Å². The molecule has 17 heavy (non-hydrogen) atoms. The Hall–Kier alpha value is -0.240. The van der Waals surface area contributed by atoms with Crippen LogP contribution in [0.2, 0.25) is 10.0 Å². The molecule has 1 saturated carbocycles. The molecule has 0 aromatic heterocycles. The summed E-state index contributed by atoms with van der Waals surface area (Å²) < 4.78 is 0. The van der Waals surface area contributed by atoms with Crippen molar-refractivity contribution in [1.82, 2.24) is 5.32 Å². The van der Waals surface area contributed by atoms with E-state index in [-0.39, 0.29) is 0 Å². The largest absolute Gasteiger partial charge is 0.316 e. The first-order valence-electron chi connectivity index (χ1n) is 6.24. The molecule has 1 fully saturated rings. The van der Waals surface area contributed by atoms with Crippen LogP contribution in [0.25, 0.3) is 0 Å². The summed E-state index contributed by atoms with van der Waals surface area (Å²) in [6.45, 7) is 6.61. The Morgan fingerprint density at radius 3 is 2.53 bits per heavy atom. The average molecular weight is 272 g/mol. The van der Waals surface area contributed by atoms with Crippen molar-refractivity contribution < 1.29 is 0 Å². The molecule has 2 atom stereocenters. The van der Waals surface area contributed by atoms with Gasteiger partial charge in [-0.25, -0.2) is 0 Å². The molecule has 2 unspecified atom stereocenters. The van der Waals surface area contributed by atoms with Gasteiger partial charge in [0.1, 0.15) is 0 Å². The fourth-order valence-corrected chi connectivity index (χ4v) is 2.93. The molecule has 2 rings (SSSR count). The van der Waals surface area contributed by atoms with Crippen molar-refractivity contribution in [3.8, 4) is 0 Å². The molecule has 0 radical (unpaired) electrons. The minimum absolute atomic E-state index is 0.552. The summed E-state index contributed by atoms with van der Waals surface area (Å²) in [5.41, 5.74) is 1.15. The minimum atomic E-state index is 0.552. The van der Waals surface area contributed by atoms with Crippen LogP contribution in [0, 0.1) is 11.8 Å². The van der Waals surface area contributed by atoms with Crippen molar-refractivity contribution in [1.29, 1.82) is 0 Å². The molecule has 1 aromatic rings. The molecule has 0 aliphatic heterocycles. The Kier molecular flexibility index (Phi) is 4.35. The van der Waals surface area contributed by atoms with E-state index in [1.165, 1.54) is 6.42 Å². The lowest BCUT2D eigenvalue weighted by atomic mass is 10.1. The van der Waals surface area contributed by atoms with Gasteiger partial charge in [0.25, 0.3) is 0 Å². The van der Waals surface area contributed by atoms with Crippen LogP contribution in [0.15, 0.2) is 18.2 Å². The SMILES string of the molecule is CC(C)CNCC1CC1c1c(Cl)cccc1Cl. The Morgan fingerprint density at radius 1 is 1.29 bits per heavy atom. The van der Waals surface area contributed by atoms with Crippen LogP contribution in [0.5, 0.6) is 0 Å². The highest BCUT2D eigenvalue weighted by Crippen LogP contribution is 2.51. The zero-order chi connectivity index (χ0) is 12.4. The van der Waals surface area contributed by atoms with Crippen LogP contribution >= 0.6 is 23.2 Å². The molecular formula is C14H19Cl2N. The maximum absolute atomic E-state index is 6.21. The van der Waals surface area contributed by atoms with Crippen molar-refractivity contribution in [2.45, 2.75) is 26.2 Å². The van der Waals surface area contributed by atoms with Crippen molar-refractivity contribution in [3.63, 3.8) is 0 Å². The van der Waals surface area contributed by atoms with E-state index in [1.54, 1.807) is 0 Å². The Morgan fingerprint density at radius 2 is 1.94 bits per heavy atom. The topological polar surface area (TPSA) is 12.0 Å². The Balaban J connectivity index is 1.90. The van der Waals surface area contributed by atoms with Gasteiger partial charge in [0.2, 0.25) is 0 Å². The molecule has 1 N–H and O–H groups in total. The smallest absolute Gasteiger partial charge is 0.0455 e. The molecule has 0 heterocycles. The molecule has 0 bridgehead atoms. The van der Waals surface area contributed by atoms with E-state index in [2.05, 4.69) is 19.2 Å². The predicted molar refractivity (Wildman–Crippen MR) is 75.0 cm³/mol. The standard InChI is InChI=1S/C14H19Cl2N/c1-9(2)7-17-8-10-6-11(10)14-12(15)4-3-5-13(14)16/h3-5,9-11,17H,6-8H2,1-2H3. The van der Waals surface area contributed by atoms with Crippen molar-refractivity contribution in [2.75, 3.05) is 13.1 Å². The second kappa shape index (κ2) is 5.60. The van der Waals surface area contributed by atoms with Gasteiger partial charge in [-0.15, -0.1) is 0 Å². The second-order valence-electron chi connectivity index (χ2n) is 5.29. The molecule has 1 aliphatic rings. The first-order valence-corrected chi connectivity index (χ1v) is 6.99. The number of rotatable bonds is 5. The summed E-state index contributed by atoms with van der Waals surface area (Å²) in [5, 5.41) is 5.13. The fraction of sp³-hybridized carbons (Fsp3) is 0.571. The zero-order valence-electron chi connectivity index (χ0n) is 10.3. The monoisotopic (exact) mass is 271 g/mol. The maximum Gasteiger partial charge on any atom is 0.0455 e. The number of halogens is 2. The van der Waals surface area contributed by atoms with Crippen LogP contribution in [-0.2, 0) is 0 Å². The first kappa shape index (κ1) is 13.2. The number of nitrogens with one attached hydrogen (secondary N) is 1. The lowest BCUT2D eigenvalue weighted by Crippen LogP contribution is -2.22. The highest BCUT2D eigenvalue weighted by Gasteiger charge is 2.40. The third kappa shape index (κ3) is 3.37. The predicted octanol–water partition coefficient (Wildman–Crippen LogP) is 4.34. The lowest BCUT2D eigenvalue weighted by molar-refractivity contribution is 0.532. The van der Waals surface area contributed by atoms with Gasteiger partial charge in [0.05, 0.1) is 0 Å². The summed E-state index contributed by atoms with van der Waals surface area (Å²) in [7, 11) is 0. The average Bonchev–Trinajstić information content (AvgIpc) is 2.96. The highest BCUT2D eigenvalue weighted by atomic mass is 35.5. The number of benzene rings is 1. The van der Waals surface area contributed by atoms with E-state index in [0.717, 1.165) is 28.7 Å². The van der Waals surface area contributed by atoms with E-state index < -0.39 is 0 Å². The van der Waals surface area contributed by atoms with E-state index in [1.807, 2.05) is 18.2 Å². The molecule has 1 aliphatic carbocycles. The molecule has 1 aromatic carbocycles.